The summed E-state index contributed by atoms with van der Waals surface area (Å²) in [5.74, 6) is -0.754. The van der Waals surface area contributed by atoms with E-state index < -0.39 is 24.0 Å². The normalized spacial score (nSPS) is 11.3. The Morgan fingerprint density at radius 2 is 1.74 bits per heavy atom. The van der Waals surface area contributed by atoms with Gasteiger partial charge in [-0.1, -0.05) is 41.9 Å². The van der Waals surface area contributed by atoms with Crippen molar-refractivity contribution in [3.05, 3.63) is 65.2 Å². The number of halogens is 1. The lowest BCUT2D eigenvalue weighted by Gasteiger charge is -2.17. The highest BCUT2D eigenvalue weighted by Crippen LogP contribution is 2.22. The first-order valence-corrected chi connectivity index (χ1v) is 9.51. The van der Waals surface area contributed by atoms with E-state index in [0.29, 0.717) is 16.3 Å². The Kier molecular flexibility index (Phi) is 8.16. The number of benzene rings is 2. The van der Waals surface area contributed by atoms with Gasteiger partial charge in [0.15, 0.2) is 0 Å². The number of amides is 3. The second-order valence-corrected chi connectivity index (χ2v) is 7.01. The maximum absolute atomic E-state index is 12.3. The van der Waals surface area contributed by atoms with Crippen molar-refractivity contribution in [3.8, 4) is 0 Å². The molecule has 0 radical (unpaired) electrons. The fraction of sp³-hybridized carbons (Fsp3) is 0.211. The standard InChI is InChI=1S/C19H19ClN2O4S/c1-21-19(25)22-18(24)17(13-5-3-2-4-6-13)26-16(23)11-12-27-15-9-7-14(20)8-10-15/h2-10,17H,11-12H2,1H3,(H2,21,22,24,25)/t17-/m0/s1. The van der Waals surface area contributed by atoms with E-state index in [1.165, 1.54) is 18.8 Å². The van der Waals surface area contributed by atoms with Gasteiger partial charge in [-0.15, -0.1) is 11.8 Å². The number of urea groups is 1. The Morgan fingerprint density at radius 3 is 2.37 bits per heavy atom. The third-order valence-electron chi connectivity index (χ3n) is 3.44. The van der Waals surface area contributed by atoms with Crippen molar-refractivity contribution in [1.29, 1.82) is 0 Å². The van der Waals surface area contributed by atoms with E-state index in [4.69, 9.17) is 16.3 Å². The Morgan fingerprint density at radius 1 is 1.07 bits per heavy atom. The maximum Gasteiger partial charge on any atom is 0.321 e. The molecule has 3 amide bonds. The Balaban J connectivity index is 1.95. The molecule has 0 aliphatic rings. The van der Waals surface area contributed by atoms with Crippen LogP contribution < -0.4 is 10.6 Å². The summed E-state index contributed by atoms with van der Waals surface area (Å²) in [4.78, 5) is 36.9. The fourth-order valence-corrected chi connectivity index (χ4v) is 3.07. The summed E-state index contributed by atoms with van der Waals surface area (Å²) in [5, 5.41) is 5.07. The molecule has 0 fully saturated rings. The molecule has 0 spiro atoms. The molecule has 8 heteroatoms. The summed E-state index contributed by atoms with van der Waals surface area (Å²) in [6.07, 6.45) is -1.08. The molecule has 0 aliphatic heterocycles. The van der Waals surface area contributed by atoms with Gasteiger partial charge in [0.2, 0.25) is 6.10 Å². The molecule has 0 aliphatic carbocycles. The smallest absolute Gasteiger partial charge is 0.321 e. The highest BCUT2D eigenvalue weighted by molar-refractivity contribution is 7.99. The summed E-state index contributed by atoms with van der Waals surface area (Å²) in [6.45, 7) is 0. The van der Waals surface area contributed by atoms with Crippen LogP contribution in [0.5, 0.6) is 0 Å². The van der Waals surface area contributed by atoms with Crippen molar-refractivity contribution in [2.24, 2.45) is 0 Å². The Labute approximate surface area is 166 Å². The average Bonchev–Trinajstić information content (AvgIpc) is 2.68. The van der Waals surface area contributed by atoms with Crippen LogP contribution in [0, 0.1) is 0 Å². The highest BCUT2D eigenvalue weighted by Gasteiger charge is 2.26. The van der Waals surface area contributed by atoms with Crippen molar-refractivity contribution in [2.75, 3.05) is 12.8 Å². The van der Waals surface area contributed by atoms with Crippen LogP contribution in [0.3, 0.4) is 0 Å². The van der Waals surface area contributed by atoms with Crippen LogP contribution in [-0.4, -0.2) is 30.7 Å². The number of hydrogen-bond donors (Lipinski definition) is 2. The number of esters is 1. The van der Waals surface area contributed by atoms with Crippen molar-refractivity contribution in [2.45, 2.75) is 17.4 Å². The van der Waals surface area contributed by atoms with E-state index in [1.807, 2.05) is 12.1 Å². The van der Waals surface area contributed by atoms with Gasteiger partial charge in [-0.2, -0.15) is 0 Å². The molecule has 0 saturated heterocycles. The second-order valence-electron chi connectivity index (χ2n) is 5.40. The highest BCUT2D eigenvalue weighted by atomic mass is 35.5. The van der Waals surface area contributed by atoms with E-state index in [2.05, 4.69) is 10.6 Å². The predicted molar refractivity (Wildman–Crippen MR) is 105 cm³/mol. The van der Waals surface area contributed by atoms with Crippen LogP contribution in [-0.2, 0) is 14.3 Å². The molecular formula is C19H19ClN2O4S. The van der Waals surface area contributed by atoms with Crippen molar-refractivity contribution < 1.29 is 19.1 Å². The summed E-state index contributed by atoms with van der Waals surface area (Å²) < 4.78 is 5.34. The Bertz CT molecular complexity index is 784. The SMILES string of the molecule is CNC(=O)NC(=O)[C@@H](OC(=O)CCSc1ccc(Cl)cc1)c1ccccc1. The molecule has 2 rings (SSSR count). The molecule has 0 unspecified atom stereocenters. The van der Waals surface area contributed by atoms with Gasteiger partial charge in [-0.05, 0) is 24.3 Å². The number of thioether (sulfide) groups is 1. The summed E-state index contributed by atoms with van der Waals surface area (Å²) in [6, 6.07) is 15.1. The van der Waals surface area contributed by atoms with Gasteiger partial charge in [-0.3, -0.25) is 14.9 Å². The van der Waals surface area contributed by atoms with Gasteiger partial charge in [-0.25, -0.2) is 4.79 Å². The quantitative estimate of drug-likeness (QED) is 0.542. The van der Waals surface area contributed by atoms with Gasteiger partial charge in [0.25, 0.3) is 5.91 Å². The zero-order chi connectivity index (χ0) is 19.6. The first-order valence-electron chi connectivity index (χ1n) is 8.15. The number of carbonyl (C=O) groups excluding carboxylic acids is 3. The van der Waals surface area contributed by atoms with Gasteiger partial charge in [0.05, 0.1) is 6.42 Å². The molecule has 6 nitrogen and oxygen atoms in total. The van der Waals surface area contributed by atoms with E-state index in [9.17, 15) is 14.4 Å². The topological polar surface area (TPSA) is 84.5 Å². The summed E-state index contributed by atoms with van der Waals surface area (Å²) >= 11 is 7.32. The predicted octanol–water partition coefficient (Wildman–Crippen LogP) is 3.56. The number of hydrogen-bond acceptors (Lipinski definition) is 5. The van der Waals surface area contributed by atoms with E-state index in [1.54, 1.807) is 42.5 Å². The second kappa shape index (κ2) is 10.6. The van der Waals surface area contributed by atoms with E-state index >= 15 is 0 Å². The number of carbonyl (C=O) groups is 3. The fourth-order valence-electron chi connectivity index (χ4n) is 2.11. The molecule has 27 heavy (non-hydrogen) atoms. The molecule has 2 N–H and O–H groups in total. The van der Waals surface area contributed by atoms with Crippen molar-refractivity contribution >= 4 is 41.3 Å². The van der Waals surface area contributed by atoms with Crippen LogP contribution in [0.15, 0.2) is 59.5 Å². The zero-order valence-corrected chi connectivity index (χ0v) is 16.2. The molecule has 0 aromatic heterocycles. The number of rotatable bonds is 7. The third-order valence-corrected chi connectivity index (χ3v) is 4.71. The van der Waals surface area contributed by atoms with Crippen molar-refractivity contribution in [1.82, 2.24) is 10.6 Å². The monoisotopic (exact) mass is 406 g/mol. The van der Waals surface area contributed by atoms with Gasteiger partial charge < -0.3 is 10.1 Å². The van der Waals surface area contributed by atoms with Crippen LogP contribution in [0.25, 0.3) is 0 Å². The Hall–Kier alpha value is -2.51. The first kappa shape index (κ1) is 20.8. The molecule has 0 saturated carbocycles. The largest absolute Gasteiger partial charge is 0.447 e. The minimum absolute atomic E-state index is 0.115. The lowest BCUT2D eigenvalue weighted by atomic mass is 10.1. The minimum Gasteiger partial charge on any atom is -0.447 e. The van der Waals surface area contributed by atoms with Gasteiger partial charge in [0, 0.05) is 28.3 Å². The van der Waals surface area contributed by atoms with E-state index in [0.717, 1.165) is 4.90 Å². The van der Waals surface area contributed by atoms with Gasteiger partial charge >= 0.3 is 12.0 Å². The molecule has 0 heterocycles. The molecule has 142 valence electrons. The average molecular weight is 407 g/mol. The first-order chi connectivity index (χ1) is 13.0. The molecular weight excluding hydrogens is 388 g/mol. The van der Waals surface area contributed by atoms with Crippen molar-refractivity contribution in [3.63, 3.8) is 0 Å². The van der Waals surface area contributed by atoms with Crippen LogP contribution >= 0.6 is 23.4 Å². The molecule has 1 atom stereocenters. The maximum atomic E-state index is 12.3. The number of ether oxygens (including phenoxy) is 1. The van der Waals surface area contributed by atoms with Crippen LogP contribution in [0.1, 0.15) is 18.1 Å². The summed E-state index contributed by atoms with van der Waals surface area (Å²) in [5.41, 5.74) is 0.484. The number of imide groups is 1. The molecule has 2 aromatic rings. The third kappa shape index (κ3) is 6.96. The number of nitrogens with one attached hydrogen (secondary N) is 2. The minimum atomic E-state index is -1.20. The van der Waals surface area contributed by atoms with Crippen LogP contribution in [0.4, 0.5) is 4.79 Å². The molecule has 0 bridgehead atoms. The van der Waals surface area contributed by atoms with Crippen LogP contribution in [0.2, 0.25) is 5.02 Å². The zero-order valence-electron chi connectivity index (χ0n) is 14.6. The van der Waals surface area contributed by atoms with Gasteiger partial charge in [0.1, 0.15) is 0 Å². The van der Waals surface area contributed by atoms with E-state index in [-0.39, 0.29) is 6.42 Å². The lowest BCUT2D eigenvalue weighted by molar-refractivity contribution is -0.155. The summed E-state index contributed by atoms with van der Waals surface area (Å²) in [7, 11) is 1.39. The molecule has 2 aromatic carbocycles. The lowest BCUT2D eigenvalue weighted by Crippen LogP contribution is -2.41.